The molecule has 0 fully saturated rings. The Bertz CT molecular complexity index is 1040. The van der Waals surface area contributed by atoms with E-state index in [1.54, 1.807) is 36.4 Å². The maximum absolute atomic E-state index is 12.2. The minimum Gasteiger partial charge on any atom is -0.322 e. The minimum atomic E-state index is -0.456. The molecule has 0 bridgehead atoms. The average Bonchev–Trinajstić information content (AvgIpc) is 2.75. The highest BCUT2D eigenvalue weighted by atomic mass is 35.5. The molecule has 0 saturated heterocycles. The molecule has 2 aromatic carbocycles. The van der Waals surface area contributed by atoms with Crippen molar-refractivity contribution in [2.45, 2.75) is 6.54 Å². The van der Waals surface area contributed by atoms with Crippen LogP contribution >= 0.6 is 23.2 Å². The molecule has 0 radical (unpaired) electrons. The van der Waals surface area contributed by atoms with Gasteiger partial charge in [-0.3, -0.25) is 25.0 Å². The first-order valence-electron chi connectivity index (χ1n) is 8.84. The van der Waals surface area contributed by atoms with Crippen molar-refractivity contribution in [2.24, 2.45) is 4.99 Å². The van der Waals surface area contributed by atoms with Crippen LogP contribution in [0.25, 0.3) is 0 Å². The number of hydrazine groups is 1. The highest BCUT2D eigenvalue weighted by molar-refractivity contribution is 6.35. The first kappa shape index (κ1) is 21.4. The van der Waals surface area contributed by atoms with Crippen LogP contribution in [0.1, 0.15) is 15.9 Å². The van der Waals surface area contributed by atoms with Gasteiger partial charge in [-0.05, 0) is 36.4 Å². The number of nitrogens with one attached hydrogen (secondary N) is 3. The molecule has 3 rings (SSSR count). The number of para-hydroxylation sites is 1. The van der Waals surface area contributed by atoms with Crippen molar-refractivity contribution in [3.05, 3.63) is 88.2 Å². The lowest BCUT2D eigenvalue weighted by Gasteiger charge is -2.08. The number of anilines is 1. The SMILES string of the molecule is O=C(C=Nc1ccc(C(=O)Nc2ccccc2)cc1)NNCc1c(Cl)cncc1Cl. The Morgan fingerprint density at radius 1 is 0.967 bits per heavy atom. The van der Waals surface area contributed by atoms with E-state index in [1.165, 1.54) is 12.4 Å². The summed E-state index contributed by atoms with van der Waals surface area (Å²) in [5.41, 5.74) is 7.54. The van der Waals surface area contributed by atoms with Gasteiger partial charge in [0.2, 0.25) is 0 Å². The highest BCUT2D eigenvalue weighted by Crippen LogP contribution is 2.22. The largest absolute Gasteiger partial charge is 0.322 e. The molecule has 3 N–H and O–H groups in total. The number of halogens is 2. The van der Waals surface area contributed by atoms with Gasteiger partial charge < -0.3 is 5.32 Å². The molecule has 0 aliphatic heterocycles. The molecule has 9 heteroatoms. The highest BCUT2D eigenvalue weighted by Gasteiger charge is 2.07. The summed E-state index contributed by atoms with van der Waals surface area (Å²) in [7, 11) is 0. The molecule has 7 nitrogen and oxygen atoms in total. The van der Waals surface area contributed by atoms with Gasteiger partial charge in [0.05, 0.1) is 21.9 Å². The Hall–Kier alpha value is -3.26. The van der Waals surface area contributed by atoms with E-state index in [0.717, 1.165) is 6.21 Å². The fourth-order valence-corrected chi connectivity index (χ4v) is 2.91. The third-order valence-corrected chi connectivity index (χ3v) is 4.57. The van der Waals surface area contributed by atoms with Crippen molar-refractivity contribution in [1.82, 2.24) is 15.8 Å². The van der Waals surface area contributed by atoms with Crippen molar-refractivity contribution in [3.63, 3.8) is 0 Å². The van der Waals surface area contributed by atoms with E-state index in [9.17, 15) is 9.59 Å². The normalized spacial score (nSPS) is 10.7. The number of aromatic nitrogens is 1. The first-order valence-corrected chi connectivity index (χ1v) is 9.60. The fraction of sp³-hybridized carbons (Fsp3) is 0.0476. The molecule has 1 heterocycles. The number of benzene rings is 2. The van der Waals surface area contributed by atoms with E-state index >= 15 is 0 Å². The summed E-state index contributed by atoms with van der Waals surface area (Å²) >= 11 is 12.0. The van der Waals surface area contributed by atoms with Gasteiger partial charge in [0.25, 0.3) is 11.8 Å². The van der Waals surface area contributed by atoms with Crippen LogP contribution in [0.3, 0.4) is 0 Å². The maximum Gasteiger partial charge on any atom is 0.276 e. The summed E-state index contributed by atoms with van der Waals surface area (Å²) < 4.78 is 0. The molecule has 152 valence electrons. The van der Waals surface area contributed by atoms with Gasteiger partial charge in [-0.15, -0.1) is 0 Å². The molecule has 0 aliphatic rings. The van der Waals surface area contributed by atoms with Gasteiger partial charge in [0, 0.05) is 35.8 Å². The second kappa shape index (κ2) is 10.5. The predicted molar refractivity (Wildman–Crippen MR) is 118 cm³/mol. The quantitative estimate of drug-likeness (QED) is 0.378. The van der Waals surface area contributed by atoms with E-state index in [-0.39, 0.29) is 12.5 Å². The number of rotatable bonds is 7. The third-order valence-electron chi connectivity index (χ3n) is 3.92. The van der Waals surface area contributed by atoms with Gasteiger partial charge in [-0.1, -0.05) is 41.4 Å². The summed E-state index contributed by atoms with van der Waals surface area (Å²) in [6.45, 7) is 0.227. The lowest BCUT2D eigenvalue weighted by molar-refractivity contribution is -0.115. The standard InChI is InChI=1S/C21H17Cl2N5O2/c22-18-11-24-12-19(23)17(18)10-26-28-20(29)13-25-15-8-6-14(7-9-15)21(30)27-16-4-2-1-3-5-16/h1-9,11-13,26H,10H2,(H,27,30)(H,28,29). The zero-order valence-electron chi connectivity index (χ0n) is 15.6. The number of nitrogens with zero attached hydrogens (tertiary/aromatic N) is 2. The topological polar surface area (TPSA) is 95.5 Å². The number of hydrogen-bond acceptors (Lipinski definition) is 5. The zero-order valence-corrected chi connectivity index (χ0v) is 17.1. The molecule has 0 aliphatic carbocycles. The van der Waals surface area contributed by atoms with Gasteiger partial charge in [0.1, 0.15) is 0 Å². The Balaban J connectivity index is 1.49. The van der Waals surface area contributed by atoms with E-state index in [4.69, 9.17) is 23.2 Å². The summed E-state index contributed by atoms with van der Waals surface area (Å²) in [5, 5.41) is 3.59. The number of carbonyl (C=O) groups is 2. The monoisotopic (exact) mass is 441 g/mol. The Morgan fingerprint density at radius 2 is 1.63 bits per heavy atom. The second-order valence-electron chi connectivity index (χ2n) is 6.05. The minimum absolute atomic E-state index is 0.227. The molecule has 0 saturated carbocycles. The molecule has 3 aromatic rings. The molecule has 0 unspecified atom stereocenters. The van der Waals surface area contributed by atoms with Crippen LogP contribution in [0.4, 0.5) is 11.4 Å². The fourth-order valence-electron chi connectivity index (χ4n) is 2.42. The van der Waals surface area contributed by atoms with Gasteiger partial charge in [-0.25, -0.2) is 5.43 Å². The lowest BCUT2D eigenvalue weighted by Crippen LogP contribution is -2.37. The molecule has 0 atom stereocenters. The van der Waals surface area contributed by atoms with Crippen LogP contribution in [-0.2, 0) is 11.3 Å². The van der Waals surface area contributed by atoms with Crippen molar-refractivity contribution < 1.29 is 9.59 Å². The first-order chi connectivity index (χ1) is 14.5. The molecule has 0 spiro atoms. The van der Waals surface area contributed by atoms with Crippen LogP contribution in [0.2, 0.25) is 10.0 Å². The molecule has 1 aromatic heterocycles. The maximum atomic E-state index is 12.2. The van der Waals surface area contributed by atoms with E-state index in [1.807, 2.05) is 18.2 Å². The Morgan fingerprint density at radius 3 is 2.30 bits per heavy atom. The van der Waals surface area contributed by atoms with E-state index < -0.39 is 5.91 Å². The lowest BCUT2D eigenvalue weighted by atomic mass is 10.2. The van der Waals surface area contributed by atoms with Crippen LogP contribution in [0, 0.1) is 0 Å². The second-order valence-corrected chi connectivity index (χ2v) is 6.86. The predicted octanol–water partition coefficient (Wildman–Crippen LogP) is 4.16. The van der Waals surface area contributed by atoms with Gasteiger partial charge in [0.15, 0.2) is 0 Å². The van der Waals surface area contributed by atoms with Crippen LogP contribution < -0.4 is 16.2 Å². The van der Waals surface area contributed by atoms with Crippen molar-refractivity contribution in [2.75, 3.05) is 5.32 Å². The van der Waals surface area contributed by atoms with Gasteiger partial charge >= 0.3 is 0 Å². The van der Waals surface area contributed by atoms with Crippen LogP contribution in [0.5, 0.6) is 0 Å². The van der Waals surface area contributed by atoms with Crippen molar-refractivity contribution in [3.8, 4) is 0 Å². The number of hydrogen-bond donors (Lipinski definition) is 3. The van der Waals surface area contributed by atoms with Crippen LogP contribution in [-0.4, -0.2) is 23.0 Å². The molecular formula is C21H17Cl2N5O2. The molecule has 30 heavy (non-hydrogen) atoms. The summed E-state index contributed by atoms with van der Waals surface area (Å²) in [6.07, 6.45) is 4.07. The third kappa shape index (κ3) is 6.12. The van der Waals surface area contributed by atoms with Crippen molar-refractivity contribution in [1.29, 1.82) is 0 Å². The zero-order chi connectivity index (χ0) is 21.3. The molecule has 2 amide bonds. The Kier molecular flexibility index (Phi) is 7.51. The van der Waals surface area contributed by atoms with Crippen LogP contribution in [0.15, 0.2) is 72.0 Å². The number of pyridine rings is 1. The average molecular weight is 442 g/mol. The van der Waals surface area contributed by atoms with Gasteiger partial charge in [-0.2, -0.15) is 0 Å². The summed E-state index contributed by atoms with van der Waals surface area (Å²) in [6, 6.07) is 15.7. The van der Waals surface area contributed by atoms with E-state index in [2.05, 4.69) is 26.1 Å². The van der Waals surface area contributed by atoms with E-state index in [0.29, 0.717) is 32.5 Å². The Labute approximate surface area is 183 Å². The number of aliphatic imine (C=N–C) groups is 1. The number of carbonyl (C=O) groups excluding carboxylic acids is 2. The summed E-state index contributed by atoms with van der Waals surface area (Å²) in [4.78, 5) is 32.1. The molecular weight excluding hydrogens is 425 g/mol. The number of amides is 2. The smallest absolute Gasteiger partial charge is 0.276 e. The summed E-state index contributed by atoms with van der Waals surface area (Å²) in [5.74, 6) is -0.686. The van der Waals surface area contributed by atoms with Crippen molar-refractivity contribution >= 4 is 52.6 Å².